The van der Waals surface area contributed by atoms with Crippen LogP contribution in [0.1, 0.15) is 63.5 Å². The van der Waals surface area contributed by atoms with E-state index in [9.17, 15) is 28.0 Å². The van der Waals surface area contributed by atoms with Crippen molar-refractivity contribution in [3.63, 3.8) is 0 Å². The minimum Gasteiger partial charge on any atom is -0.478 e. The number of anilines is 2. The van der Waals surface area contributed by atoms with Gasteiger partial charge in [0.2, 0.25) is 11.8 Å². The molecule has 0 aromatic heterocycles. The highest BCUT2D eigenvalue weighted by Gasteiger charge is 2.18. The number of hydrogen-bond acceptors (Lipinski definition) is 6. The first kappa shape index (κ1) is 49.2. The van der Waals surface area contributed by atoms with E-state index < -0.39 is 11.9 Å². The van der Waals surface area contributed by atoms with Crippen LogP contribution >= 0.6 is 0 Å². The Morgan fingerprint density at radius 3 is 1.14 bits per heavy atom. The maximum Gasteiger partial charge on any atom is 0.331 e. The number of nitrogens with zero attached hydrogens (tertiary/aromatic N) is 2. The highest BCUT2D eigenvalue weighted by atomic mass is 19.1. The highest BCUT2D eigenvalue weighted by Crippen LogP contribution is 2.27. The summed E-state index contributed by atoms with van der Waals surface area (Å²) in [6.07, 6.45) is 8.33. The number of carbonyl (C=O) groups excluding carboxylic acids is 2. The van der Waals surface area contributed by atoms with Crippen LogP contribution in [0.4, 0.5) is 20.2 Å². The fourth-order valence-corrected chi connectivity index (χ4v) is 6.62. The molecule has 0 aliphatic rings. The second-order valence-corrected chi connectivity index (χ2v) is 15.1. The molecular weight excluding hydrogens is 843 g/mol. The van der Waals surface area contributed by atoms with Crippen molar-refractivity contribution in [3.05, 3.63) is 193 Å². The number of ether oxygens (including phenoxy) is 2. The Morgan fingerprint density at radius 2 is 0.833 bits per heavy atom. The molecule has 12 heteroatoms. The fraction of sp³-hybridized carbons (Fsp3) is 0.185. The van der Waals surface area contributed by atoms with Gasteiger partial charge in [0.05, 0.1) is 37.8 Å². The van der Waals surface area contributed by atoms with Crippen LogP contribution in [0.5, 0.6) is 11.5 Å². The Kier molecular flexibility index (Phi) is 18.9. The molecule has 6 aromatic rings. The smallest absolute Gasteiger partial charge is 0.331 e. The molecule has 0 fully saturated rings. The molecule has 0 unspecified atom stereocenters. The van der Waals surface area contributed by atoms with Gasteiger partial charge in [0.1, 0.15) is 23.1 Å². The topological polar surface area (TPSA) is 134 Å². The van der Waals surface area contributed by atoms with Crippen LogP contribution in [0.2, 0.25) is 0 Å². The summed E-state index contributed by atoms with van der Waals surface area (Å²) in [6, 6.07) is 42.5. The van der Waals surface area contributed by atoms with Gasteiger partial charge in [0.25, 0.3) is 0 Å². The molecule has 0 aliphatic heterocycles. The lowest BCUT2D eigenvalue weighted by Gasteiger charge is -2.23. The first-order valence-electron chi connectivity index (χ1n) is 21.5. The molecule has 6 rings (SSSR count). The highest BCUT2D eigenvalue weighted by molar-refractivity contribution is 5.94. The fourth-order valence-electron chi connectivity index (χ4n) is 6.62. The molecule has 0 heterocycles. The minimum absolute atomic E-state index is 0.0286. The van der Waals surface area contributed by atoms with E-state index in [0.717, 1.165) is 83.7 Å². The molecule has 0 saturated carbocycles. The van der Waals surface area contributed by atoms with Crippen molar-refractivity contribution in [1.82, 2.24) is 0 Å². The van der Waals surface area contributed by atoms with Crippen molar-refractivity contribution in [2.75, 3.05) is 9.80 Å². The van der Waals surface area contributed by atoms with E-state index in [0.29, 0.717) is 48.8 Å². The van der Waals surface area contributed by atoms with Gasteiger partial charge in [-0.25, -0.2) is 18.4 Å². The second-order valence-electron chi connectivity index (χ2n) is 15.1. The van der Waals surface area contributed by atoms with E-state index in [1.54, 1.807) is 58.3 Å². The van der Waals surface area contributed by atoms with Crippen molar-refractivity contribution in [2.24, 2.45) is 0 Å². The van der Waals surface area contributed by atoms with Crippen molar-refractivity contribution < 1.29 is 47.6 Å². The van der Waals surface area contributed by atoms with Crippen LogP contribution in [-0.2, 0) is 32.3 Å². The maximum absolute atomic E-state index is 13.8. The molecule has 2 amide bonds. The molecule has 0 atom stereocenters. The van der Waals surface area contributed by atoms with E-state index in [1.807, 2.05) is 86.6 Å². The van der Waals surface area contributed by atoms with Crippen molar-refractivity contribution in [3.8, 4) is 33.8 Å². The molecule has 66 heavy (non-hydrogen) atoms. The number of carbonyl (C=O) groups is 4. The third-order valence-corrected chi connectivity index (χ3v) is 10.1. The summed E-state index contributed by atoms with van der Waals surface area (Å²) in [7, 11) is 0. The molecular formula is C54H52F2N2O8. The molecule has 10 nitrogen and oxygen atoms in total. The Balaban J connectivity index is 0.000000247. The number of hydrogen-bond donors (Lipinski definition) is 2. The summed E-state index contributed by atoms with van der Waals surface area (Å²) < 4.78 is 38.0. The monoisotopic (exact) mass is 894 g/mol. The van der Waals surface area contributed by atoms with Crippen LogP contribution < -0.4 is 19.3 Å². The number of aliphatic carboxylic acids is 2. The molecule has 0 radical (unpaired) electrons. The summed E-state index contributed by atoms with van der Waals surface area (Å²) >= 11 is 0. The van der Waals surface area contributed by atoms with Gasteiger partial charge in [-0.3, -0.25) is 9.59 Å². The standard InChI is InChI=1S/2C27H26FNO4/c2*1-2-3-7-26(30)29(24-6-4-5-23(28)18-24)19-20-8-10-21(11-9-20)22-12-14-25(15-13-22)33-17-16-27(31)32/h2*4-6,8-18H,2-3,7,19H2,1H3,(H,31,32)/b17-16+;. The zero-order chi connectivity index (χ0) is 47.3. The first-order valence-corrected chi connectivity index (χ1v) is 21.5. The molecule has 0 aliphatic carbocycles. The number of halogens is 2. The molecule has 0 bridgehead atoms. The molecule has 6 aromatic carbocycles. The normalized spacial score (nSPS) is 10.8. The largest absolute Gasteiger partial charge is 0.478 e. The van der Waals surface area contributed by atoms with E-state index in [2.05, 4.69) is 0 Å². The lowest BCUT2D eigenvalue weighted by Crippen LogP contribution is -2.30. The van der Waals surface area contributed by atoms with Gasteiger partial charge in [-0.1, -0.05) is 112 Å². The molecule has 340 valence electrons. The van der Waals surface area contributed by atoms with Crippen LogP contribution in [0.3, 0.4) is 0 Å². The Morgan fingerprint density at radius 1 is 0.500 bits per heavy atom. The number of carboxylic acids is 2. The second kappa shape index (κ2) is 25.4. The van der Waals surface area contributed by atoms with Gasteiger partial charge in [0.15, 0.2) is 0 Å². The van der Waals surface area contributed by atoms with Crippen LogP contribution in [0.15, 0.2) is 170 Å². The predicted octanol–water partition coefficient (Wildman–Crippen LogP) is 12.4. The van der Waals surface area contributed by atoms with Gasteiger partial charge in [-0.2, -0.15) is 0 Å². The SMILES string of the molecule is CCCCC(=O)N(Cc1ccc(-c2ccc(O/C=C/C(=O)O)cc2)cc1)c1cccc(F)c1.CCCCC(=O)N(Cc1ccc(-c2ccc(OC=CC(=O)O)cc2)cc1)c1cccc(F)c1. The molecule has 0 saturated heterocycles. The average molecular weight is 895 g/mol. The van der Waals surface area contributed by atoms with Crippen LogP contribution in [-0.4, -0.2) is 34.0 Å². The predicted molar refractivity (Wildman–Crippen MR) is 253 cm³/mol. The van der Waals surface area contributed by atoms with Gasteiger partial charge in [0, 0.05) is 24.2 Å². The Hall–Kier alpha value is -7.86. The third kappa shape index (κ3) is 15.7. The Labute approximate surface area is 383 Å². The number of rotatable bonds is 20. The molecule has 0 spiro atoms. The Bertz CT molecular complexity index is 2400. The van der Waals surface area contributed by atoms with Crippen molar-refractivity contribution in [1.29, 1.82) is 0 Å². The van der Waals surface area contributed by atoms with Gasteiger partial charge in [-0.05, 0) is 107 Å². The lowest BCUT2D eigenvalue weighted by molar-refractivity contribution is -0.132. The first-order chi connectivity index (χ1) is 31.9. The van der Waals surface area contributed by atoms with Gasteiger partial charge in [-0.15, -0.1) is 0 Å². The summed E-state index contributed by atoms with van der Waals surface area (Å²) in [6.45, 7) is 4.78. The summed E-state index contributed by atoms with van der Waals surface area (Å²) in [5.74, 6) is -1.89. The van der Waals surface area contributed by atoms with Gasteiger partial charge < -0.3 is 29.5 Å². The van der Waals surface area contributed by atoms with Gasteiger partial charge >= 0.3 is 11.9 Å². The minimum atomic E-state index is -1.07. The quantitative estimate of drug-likeness (QED) is 0.0572. The van der Waals surface area contributed by atoms with E-state index >= 15 is 0 Å². The average Bonchev–Trinajstić information content (AvgIpc) is 3.32. The van der Waals surface area contributed by atoms with Crippen molar-refractivity contribution >= 4 is 35.1 Å². The molecule has 2 N–H and O–H groups in total. The summed E-state index contributed by atoms with van der Waals surface area (Å²) in [5.41, 5.74) is 6.88. The zero-order valence-electron chi connectivity index (χ0n) is 36.8. The summed E-state index contributed by atoms with van der Waals surface area (Å²) in [5, 5.41) is 17.2. The zero-order valence-corrected chi connectivity index (χ0v) is 36.8. The maximum atomic E-state index is 13.8. The number of carboxylic acid groups (broad SMARTS) is 2. The lowest BCUT2D eigenvalue weighted by atomic mass is 10.0. The van der Waals surface area contributed by atoms with Crippen LogP contribution in [0.25, 0.3) is 22.3 Å². The number of benzene rings is 6. The van der Waals surface area contributed by atoms with E-state index in [-0.39, 0.29) is 23.4 Å². The van der Waals surface area contributed by atoms with Crippen LogP contribution in [0, 0.1) is 11.6 Å². The number of unbranched alkanes of at least 4 members (excludes halogenated alkanes) is 2. The third-order valence-electron chi connectivity index (χ3n) is 10.1. The van der Waals surface area contributed by atoms with E-state index in [1.165, 1.54) is 24.3 Å². The van der Waals surface area contributed by atoms with E-state index in [4.69, 9.17) is 19.7 Å². The summed E-state index contributed by atoms with van der Waals surface area (Å²) in [4.78, 5) is 49.9. The van der Waals surface area contributed by atoms with Crippen molar-refractivity contribution in [2.45, 2.75) is 65.5 Å². The number of amides is 2.